The number of nitrogens with zero attached hydrogens (tertiary/aromatic N) is 1. The monoisotopic (exact) mass is 232 g/mol. The summed E-state index contributed by atoms with van der Waals surface area (Å²) >= 11 is 0. The average molecular weight is 232 g/mol. The minimum atomic E-state index is -0.604. The molecule has 0 saturated heterocycles. The van der Waals surface area contributed by atoms with Crippen LogP contribution in [0.25, 0.3) is 11.3 Å². The fourth-order valence-electron chi connectivity index (χ4n) is 1.65. The zero-order valence-corrected chi connectivity index (χ0v) is 9.56. The summed E-state index contributed by atoms with van der Waals surface area (Å²) in [5, 5.41) is 3.66. The number of carbonyl (C=O) groups excluding carboxylic acids is 1. The second kappa shape index (κ2) is 4.29. The summed E-state index contributed by atoms with van der Waals surface area (Å²) in [6.07, 6.45) is 0. The topological polar surface area (TPSA) is 78.3 Å². The molecule has 0 saturated carbocycles. The number of para-hydroxylation sites is 1. The van der Waals surface area contributed by atoms with E-state index in [1.54, 1.807) is 20.1 Å². The first kappa shape index (κ1) is 11.2. The molecule has 2 N–H and O–H groups in total. The number of aromatic nitrogens is 1. The lowest BCUT2D eigenvalue weighted by atomic mass is 10.1. The number of benzene rings is 1. The summed E-state index contributed by atoms with van der Waals surface area (Å²) in [6.45, 7) is 1.73. The summed E-state index contributed by atoms with van der Waals surface area (Å²) in [6, 6.07) is 7.34. The maximum absolute atomic E-state index is 11.1. The molecule has 17 heavy (non-hydrogen) atoms. The third-order valence-corrected chi connectivity index (χ3v) is 2.51. The van der Waals surface area contributed by atoms with E-state index in [2.05, 4.69) is 5.16 Å². The first-order valence-corrected chi connectivity index (χ1v) is 5.04. The average Bonchev–Trinajstić information content (AvgIpc) is 2.71. The first-order valence-electron chi connectivity index (χ1n) is 5.04. The van der Waals surface area contributed by atoms with Crippen LogP contribution in [-0.4, -0.2) is 18.2 Å². The van der Waals surface area contributed by atoms with Crippen LogP contribution in [0.15, 0.2) is 28.8 Å². The Kier molecular flexibility index (Phi) is 2.82. The summed E-state index contributed by atoms with van der Waals surface area (Å²) in [5.74, 6) is 0.548. The Hall–Kier alpha value is -2.30. The van der Waals surface area contributed by atoms with Gasteiger partial charge >= 0.3 is 0 Å². The van der Waals surface area contributed by atoms with Crippen molar-refractivity contribution in [1.29, 1.82) is 0 Å². The number of hydrogen-bond acceptors (Lipinski definition) is 4. The van der Waals surface area contributed by atoms with Gasteiger partial charge in [-0.05, 0) is 19.1 Å². The van der Waals surface area contributed by atoms with E-state index in [1.807, 2.05) is 18.2 Å². The number of primary amides is 1. The molecule has 0 unspecified atom stereocenters. The maximum atomic E-state index is 11.1. The molecule has 88 valence electrons. The lowest BCUT2D eigenvalue weighted by Crippen LogP contribution is -2.12. The van der Waals surface area contributed by atoms with E-state index >= 15 is 0 Å². The van der Waals surface area contributed by atoms with Gasteiger partial charge in [0.15, 0.2) is 11.5 Å². The third-order valence-electron chi connectivity index (χ3n) is 2.51. The predicted molar refractivity (Wildman–Crippen MR) is 61.7 cm³/mol. The van der Waals surface area contributed by atoms with E-state index in [0.717, 1.165) is 5.56 Å². The van der Waals surface area contributed by atoms with Crippen LogP contribution in [0.2, 0.25) is 0 Å². The van der Waals surface area contributed by atoms with Gasteiger partial charge in [0.2, 0.25) is 0 Å². The molecule has 2 aromatic rings. The van der Waals surface area contributed by atoms with E-state index < -0.39 is 5.91 Å². The van der Waals surface area contributed by atoms with Gasteiger partial charge in [0.25, 0.3) is 5.91 Å². The Bertz CT molecular complexity index is 561. The van der Waals surface area contributed by atoms with Gasteiger partial charge in [-0.2, -0.15) is 0 Å². The number of rotatable bonds is 3. The molecule has 0 aliphatic rings. The molecular formula is C12H12N2O3. The molecule has 1 heterocycles. The predicted octanol–water partition coefficient (Wildman–Crippen LogP) is 1.76. The van der Waals surface area contributed by atoms with Crippen LogP contribution in [0.5, 0.6) is 5.75 Å². The Labute approximate surface area is 98.2 Å². The van der Waals surface area contributed by atoms with Crippen LogP contribution < -0.4 is 10.5 Å². The van der Waals surface area contributed by atoms with Crippen molar-refractivity contribution < 1.29 is 14.1 Å². The van der Waals surface area contributed by atoms with Gasteiger partial charge in [-0.15, -0.1) is 0 Å². The Balaban J connectivity index is 2.57. The van der Waals surface area contributed by atoms with E-state index in [-0.39, 0.29) is 5.69 Å². The van der Waals surface area contributed by atoms with E-state index in [9.17, 15) is 4.79 Å². The summed E-state index contributed by atoms with van der Waals surface area (Å²) < 4.78 is 10.4. The first-order chi connectivity index (χ1) is 8.15. The van der Waals surface area contributed by atoms with Crippen molar-refractivity contribution >= 4 is 5.91 Å². The van der Waals surface area contributed by atoms with Crippen LogP contribution in [0.1, 0.15) is 16.1 Å². The quantitative estimate of drug-likeness (QED) is 0.874. The minimum absolute atomic E-state index is 0.144. The third kappa shape index (κ3) is 1.87. The zero-order valence-electron chi connectivity index (χ0n) is 9.56. The number of ether oxygens (including phenoxy) is 1. The number of methoxy groups -OCH3 is 1. The molecule has 1 amide bonds. The van der Waals surface area contributed by atoms with Crippen molar-refractivity contribution in [3.05, 3.63) is 35.5 Å². The van der Waals surface area contributed by atoms with Gasteiger partial charge in [0.05, 0.1) is 12.7 Å². The number of amides is 1. The lowest BCUT2D eigenvalue weighted by Gasteiger charge is -2.05. The number of hydrogen-bond donors (Lipinski definition) is 1. The van der Waals surface area contributed by atoms with Crippen molar-refractivity contribution in [2.24, 2.45) is 5.73 Å². The van der Waals surface area contributed by atoms with Crippen molar-refractivity contribution in [3.8, 4) is 17.1 Å². The van der Waals surface area contributed by atoms with Crippen LogP contribution in [0.3, 0.4) is 0 Å². The second-order valence-electron chi connectivity index (χ2n) is 3.55. The molecule has 5 heteroatoms. The summed E-state index contributed by atoms with van der Waals surface area (Å²) in [7, 11) is 1.57. The zero-order chi connectivity index (χ0) is 12.4. The van der Waals surface area contributed by atoms with E-state index in [0.29, 0.717) is 17.1 Å². The maximum Gasteiger partial charge on any atom is 0.271 e. The molecule has 0 spiro atoms. The number of nitrogens with two attached hydrogens (primary N) is 1. The standard InChI is InChI=1S/C12H12N2O3/c1-7-10(12(13)15)14-17-11(7)8-5-3-4-6-9(8)16-2/h3-6H,1-2H3,(H2,13,15). The van der Waals surface area contributed by atoms with Gasteiger partial charge < -0.3 is 15.0 Å². The fourth-order valence-corrected chi connectivity index (χ4v) is 1.65. The molecule has 0 atom stereocenters. The van der Waals surface area contributed by atoms with Gasteiger partial charge in [-0.25, -0.2) is 0 Å². The Morgan fingerprint density at radius 2 is 2.12 bits per heavy atom. The number of carbonyl (C=O) groups is 1. The fraction of sp³-hybridized carbons (Fsp3) is 0.167. The SMILES string of the molecule is COc1ccccc1-c1onc(C(N)=O)c1C. The lowest BCUT2D eigenvalue weighted by molar-refractivity contribution is 0.0991. The summed E-state index contributed by atoms with van der Waals surface area (Å²) in [5.41, 5.74) is 6.68. The van der Waals surface area contributed by atoms with E-state index in [4.69, 9.17) is 15.0 Å². The van der Waals surface area contributed by atoms with Crippen molar-refractivity contribution in [2.45, 2.75) is 6.92 Å². The molecule has 5 nitrogen and oxygen atoms in total. The Morgan fingerprint density at radius 3 is 2.71 bits per heavy atom. The molecule has 1 aromatic heterocycles. The van der Waals surface area contributed by atoms with Crippen molar-refractivity contribution in [1.82, 2.24) is 5.16 Å². The molecule has 1 aromatic carbocycles. The molecule has 0 radical (unpaired) electrons. The molecule has 0 aliphatic carbocycles. The minimum Gasteiger partial charge on any atom is -0.496 e. The van der Waals surface area contributed by atoms with Crippen molar-refractivity contribution in [3.63, 3.8) is 0 Å². The van der Waals surface area contributed by atoms with Crippen LogP contribution in [0, 0.1) is 6.92 Å². The van der Waals surface area contributed by atoms with Crippen LogP contribution >= 0.6 is 0 Å². The van der Waals surface area contributed by atoms with Crippen molar-refractivity contribution in [2.75, 3.05) is 7.11 Å². The summed E-state index contributed by atoms with van der Waals surface area (Å²) in [4.78, 5) is 11.1. The molecular weight excluding hydrogens is 220 g/mol. The highest BCUT2D eigenvalue weighted by Crippen LogP contribution is 2.32. The highest BCUT2D eigenvalue weighted by molar-refractivity contribution is 5.93. The normalized spacial score (nSPS) is 10.2. The highest BCUT2D eigenvalue weighted by Gasteiger charge is 2.19. The van der Waals surface area contributed by atoms with Gasteiger partial charge in [0.1, 0.15) is 5.75 Å². The Morgan fingerprint density at radius 1 is 1.41 bits per heavy atom. The highest BCUT2D eigenvalue weighted by atomic mass is 16.5. The molecule has 0 aliphatic heterocycles. The largest absolute Gasteiger partial charge is 0.496 e. The molecule has 2 rings (SSSR count). The molecule has 0 fully saturated rings. The van der Waals surface area contributed by atoms with Crippen LogP contribution in [0.4, 0.5) is 0 Å². The second-order valence-corrected chi connectivity index (χ2v) is 3.55. The smallest absolute Gasteiger partial charge is 0.271 e. The van der Waals surface area contributed by atoms with Gasteiger partial charge in [-0.1, -0.05) is 17.3 Å². The van der Waals surface area contributed by atoms with E-state index in [1.165, 1.54) is 0 Å². The van der Waals surface area contributed by atoms with Crippen LogP contribution in [-0.2, 0) is 0 Å². The van der Waals surface area contributed by atoms with Gasteiger partial charge in [0, 0.05) is 5.56 Å². The molecule has 0 bridgehead atoms. The van der Waals surface area contributed by atoms with Gasteiger partial charge in [-0.3, -0.25) is 4.79 Å².